The standard InChI is InChI=1S/C26H25N5O4/c1-31-20-14-18(10-13-26(34)11-5-12-26)8-9-21(20)35-16-19(25(31)33)27-24(32)23-28-22(29-30-23)15-17-6-3-2-4-7-17/h2-4,6-9,14,19,34H,5,11-12,15-16H2,1H3,(H,27,32)(H,28,29,30)/t19-/m0/s1. The van der Waals surface area contributed by atoms with E-state index in [1.807, 2.05) is 30.3 Å². The first-order chi connectivity index (χ1) is 16.9. The second kappa shape index (κ2) is 9.24. The fourth-order valence-electron chi connectivity index (χ4n) is 3.99. The average molecular weight is 472 g/mol. The highest BCUT2D eigenvalue weighted by atomic mass is 16.5. The van der Waals surface area contributed by atoms with Gasteiger partial charge in [-0.25, -0.2) is 4.98 Å². The maximum Gasteiger partial charge on any atom is 0.291 e. The first-order valence-corrected chi connectivity index (χ1v) is 11.5. The second-order valence-corrected chi connectivity index (χ2v) is 8.82. The molecule has 2 amide bonds. The molecule has 2 aliphatic rings. The Morgan fingerprint density at radius 3 is 2.83 bits per heavy atom. The van der Waals surface area contributed by atoms with Gasteiger partial charge in [-0.1, -0.05) is 42.2 Å². The average Bonchev–Trinajstić information content (AvgIpc) is 3.28. The number of aromatic amines is 1. The number of carbonyl (C=O) groups is 2. The molecule has 9 nitrogen and oxygen atoms in total. The Hall–Kier alpha value is -4.16. The number of likely N-dealkylation sites (N-methyl/N-ethyl adjacent to an activating group) is 1. The van der Waals surface area contributed by atoms with Gasteiger partial charge in [-0.3, -0.25) is 14.7 Å². The Morgan fingerprint density at radius 2 is 2.09 bits per heavy atom. The summed E-state index contributed by atoms with van der Waals surface area (Å²) >= 11 is 0. The molecule has 1 saturated carbocycles. The zero-order valence-corrected chi connectivity index (χ0v) is 19.2. The molecule has 35 heavy (non-hydrogen) atoms. The number of nitrogens with one attached hydrogen (secondary N) is 2. The molecule has 0 spiro atoms. The largest absolute Gasteiger partial charge is 0.489 e. The Bertz CT molecular complexity index is 1320. The molecule has 1 atom stereocenters. The fraction of sp³-hybridized carbons (Fsp3) is 0.308. The molecule has 178 valence electrons. The lowest BCUT2D eigenvalue weighted by Gasteiger charge is -2.30. The van der Waals surface area contributed by atoms with Gasteiger partial charge in [-0.05, 0) is 43.0 Å². The van der Waals surface area contributed by atoms with Gasteiger partial charge < -0.3 is 20.1 Å². The van der Waals surface area contributed by atoms with E-state index in [0.29, 0.717) is 42.1 Å². The normalized spacial score (nSPS) is 18.3. The van der Waals surface area contributed by atoms with Crippen LogP contribution in [0.15, 0.2) is 48.5 Å². The van der Waals surface area contributed by atoms with Crippen molar-refractivity contribution in [1.29, 1.82) is 0 Å². The minimum absolute atomic E-state index is 0.0337. The number of aromatic nitrogens is 3. The molecule has 0 radical (unpaired) electrons. The van der Waals surface area contributed by atoms with Gasteiger partial charge >= 0.3 is 0 Å². The minimum Gasteiger partial charge on any atom is -0.489 e. The summed E-state index contributed by atoms with van der Waals surface area (Å²) in [6.45, 7) is -0.0337. The molecule has 1 aliphatic carbocycles. The van der Waals surface area contributed by atoms with Gasteiger partial charge in [0.05, 0.1) is 5.69 Å². The second-order valence-electron chi connectivity index (χ2n) is 8.82. The van der Waals surface area contributed by atoms with E-state index in [9.17, 15) is 14.7 Å². The van der Waals surface area contributed by atoms with Gasteiger partial charge in [0, 0.05) is 19.0 Å². The summed E-state index contributed by atoms with van der Waals surface area (Å²) in [6, 6.07) is 14.1. The van der Waals surface area contributed by atoms with E-state index in [1.165, 1.54) is 4.90 Å². The molecule has 5 rings (SSSR count). The van der Waals surface area contributed by atoms with Crippen molar-refractivity contribution in [3.8, 4) is 17.6 Å². The summed E-state index contributed by atoms with van der Waals surface area (Å²) in [5.41, 5.74) is 1.33. The van der Waals surface area contributed by atoms with Crippen LogP contribution in [0.2, 0.25) is 0 Å². The molecule has 3 aromatic rings. The predicted molar refractivity (Wildman–Crippen MR) is 128 cm³/mol. The molecule has 0 unspecified atom stereocenters. The van der Waals surface area contributed by atoms with Crippen LogP contribution in [-0.2, 0) is 11.2 Å². The Labute approximate surface area is 202 Å². The fourth-order valence-corrected chi connectivity index (χ4v) is 3.99. The smallest absolute Gasteiger partial charge is 0.291 e. The van der Waals surface area contributed by atoms with Crippen molar-refractivity contribution < 1.29 is 19.4 Å². The number of benzene rings is 2. The number of fused-ring (bicyclic) bond motifs is 1. The highest BCUT2D eigenvalue weighted by molar-refractivity contribution is 6.02. The lowest BCUT2D eigenvalue weighted by atomic mass is 9.81. The maximum absolute atomic E-state index is 13.1. The summed E-state index contributed by atoms with van der Waals surface area (Å²) in [5, 5.41) is 19.7. The highest BCUT2D eigenvalue weighted by Gasteiger charge is 2.33. The van der Waals surface area contributed by atoms with E-state index in [1.54, 1.807) is 25.2 Å². The number of amides is 2. The van der Waals surface area contributed by atoms with Crippen molar-refractivity contribution in [3.05, 3.63) is 71.3 Å². The van der Waals surface area contributed by atoms with Gasteiger partial charge in [0.2, 0.25) is 5.82 Å². The monoisotopic (exact) mass is 471 g/mol. The molecule has 1 aromatic heterocycles. The quantitative estimate of drug-likeness (QED) is 0.499. The Balaban J connectivity index is 1.27. The summed E-state index contributed by atoms with van der Waals surface area (Å²) in [5.74, 6) is 6.03. The molecule has 1 fully saturated rings. The van der Waals surface area contributed by atoms with Crippen molar-refractivity contribution in [2.24, 2.45) is 0 Å². The van der Waals surface area contributed by atoms with Crippen molar-refractivity contribution in [3.63, 3.8) is 0 Å². The third-order valence-electron chi connectivity index (χ3n) is 6.23. The third kappa shape index (κ3) is 4.88. The van der Waals surface area contributed by atoms with E-state index >= 15 is 0 Å². The Morgan fingerprint density at radius 1 is 1.29 bits per heavy atom. The maximum atomic E-state index is 13.1. The number of carbonyl (C=O) groups excluding carboxylic acids is 2. The van der Waals surface area contributed by atoms with Gasteiger partial charge in [-0.15, -0.1) is 5.10 Å². The lowest BCUT2D eigenvalue weighted by molar-refractivity contribution is -0.120. The number of nitrogens with zero attached hydrogens (tertiary/aromatic N) is 3. The number of rotatable bonds is 4. The van der Waals surface area contributed by atoms with Gasteiger partial charge in [0.15, 0.2) is 0 Å². The summed E-state index contributed by atoms with van der Waals surface area (Å²) in [6.07, 6.45) is 2.82. The van der Waals surface area contributed by atoms with Crippen LogP contribution in [0.25, 0.3) is 0 Å². The molecule has 2 aromatic carbocycles. The van der Waals surface area contributed by atoms with Crippen LogP contribution in [0.5, 0.6) is 5.75 Å². The Kier molecular flexibility index (Phi) is 5.97. The molecule has 0 bridgehead atoms. The van der Waals surface area contributed by atoms with Crippen LogP contribution in [0.1, 0.15) is 46.8 Å². The molecule has 9 heteroatoms. The summed E-state index contributed by atoms with van der Waals surface area (Å²) in [4.78, 5) is 31.6. The number of anilines is 1. The van der Waals surface area contributed by atoms with Gasteiger partial charge in [0.1, 0.15) is 29.8 Å². The minimum atomic E-state index is -0.916. The number of aliphatic hydroxyl groups is 1. The van der Waals surface area contributed by atoms with E-state index in [-0.39, 0.29) is 18.3 Å². The molecular formula is C26H25N5O4. The van der Waals surface area contributed by atoms with Crippen molar-refractivity contribution in [2.75, 3.05) is 18.6 Å². The zero-order valence-electron chi connectivity index (χ0n) is 19.2. The van der Waals surface area contributed by atoms with Crippen molar-refractivity contribution in [1.82, 2.24) is 20.5 Å². The van der Waals surface area contributed by atoms with Crippen molar-refractivity contribution >= 4 is 17.5 Å². The molecule has 0 saturated heterocycles. The van der Waals surface area contributed by atoms with E-state index < -0.39 is 17.6 Å². The van der Waals surface area contributed by atoms with E-state index in [4.69, 9.17) is 4.74 Å². The highest BCUT2D eigenvalue weighted by Crippen LogP contribution is 2.33. The molecule has 1 aliphatic heterocycles. The molecule has 3 N–H and O–H groups in total. The molecule has 2 heterocycles. The number of hydrogen-bond acceptors (Lipinski definition) is 6. The zero-order chi connectivity index (χ0) is 24.4. The molecular weight excluding hydrogens is 446 g/mol. The third-order valence-corrected chi connectivity index (χ3v) is 6.23. The van der Waals surface area contributed by atoms with Crippen LogP contribution < -0.4 is 15.0 Å². The lowest BCUT2D eigenvalue weighted by Crippen LogP contribution is -2.49. The van der Waals surface area contributed by atoms with Crippen molar-refractivity contribution in [2.45, 2.75) is 37.3 Å². The van der Waals surface area contributed by atoms with Crippen LogP contribution in [0, 0.1) is 11.8 Å². The van der Waals surface area contributed by atoms with Crippen LogP contribution in [0.4, 0.5) is 5.69 Å². The number of H-pyrrole nitrogens is 1. The van der Waals surface area contributed by atoms with Gasteiger partial charge in [-0.2, -0.15) is 0 Å². The van der Waals surface area contributed by atoms with Crippen LogP contribution in [0.3, 0.4) is 0 Å². The topological polar surface area (TPSA) is 120 Å². The first-order valence-electron chi connectivity index (χ1n) is 11.5. The summed E-state index contributed by atoms with van der Waals surface area (Å²) in [7, 11) is 1.62. The number of ether oxygens (including phenoxy) is 1. The van der Waals surface area contributed by atoms with E-state index in [2.05, 4.69) is 32.3 Å². The van der Waals surface area contributed by atoms with Crippen LogP contribution in [-0.4, -0.2) is 57.4 Å². The SMILES string of the molecule is CN1C(=O)[C@@H](NC(=O)c2n[nH]c(Cc3ccccc3)n2)COc2ccc(C#CC3(O)CCC3)cc21. The summed E-state index contributed by atoms with van der Waals surface area (Å²) < 4.78 is 5.83. The number of hydrogen-bond donors (Lipinski definition) is 3. The van der Waals surface area contributed by atoms with E-state index in [0.717, 1.165) is 12.0 Å². The van der Waals surface area contributed by atoms with Gasteiger partial charge in [0.25, 0.3) is 11.8 Å². The van der Waals surface area contributed by atoms with Crippen LogP contribution >= 0.6 is 0 Å². The predicted octanol–water partition coefficient (Wildman–Crippen LogP) is 1.82. The first kappa shape index (κ1) is 22.6.